The number of nitrogens with zero attached hydrogens (tertiary/aromatic N) is 4. The van der Waals surface area contributed by atoms with E-state index in [1.54, 1.807) is 11.3 Å². The molecule has 0 aliphatic carbocycles. The molecule has 1 unspecified atom stereocenters. The van der Waals surface area contributed by atoms with Gasteiger partial charge < -0.3 is 4.90 Å². The molecule has 0 bridgehead atoms. The molecule has 3 rings (SSSR count). The second kappa shape index (κ2) is 9.65. The lowest BCUT2D eigenvalue weighted by Crippen LogP contribution is -2.52. The van der Waals surface area contributed by atoms with Crippen molar-refractivity contribution in [1.82, 2.24) is 19.1 Å². The van der Waals surface area contributed by atoms with Crippen molar-refractivity contribution < 1.29 is 13.2 Å². The van der Waals surface area contributed by atoms with E-state index in [9.17, 15) is 13.2 Å². The number of aryl methyl sites for hydroxylation is 1. The van der Waals surface area contributed by atoms with E-state index in [-0.39, 0.29) is 17.6 Å². The van der Waals surface area contributed by atoms with Crippen LogP contribution in [0.1, 0.15) is 43.8 Å². The third-order valence-electron chi connectivity index (χ3n) is 5.56. The number of piperidine rings is 1. The lowest BCUT2D eigenvalue weighted by atomic mass is 9.98. The van der Waals surface area contributed by atoms with E-state index in [1.165, 1.54) is 9.31 Å². The molecule has 2 aliphatic rings. The average Bonchev–Trinajstić information content (AvgIpc) is 3.16. The highest BCUT2D eigenvalue weighted by molar-refractivity contribution is 7.89. The molecule has 2 aliphatic heterocycles. The molecule has 2 fully saturated rings. The second-order valence-electron chi connectivity index (χ2n) is 7.70. The third-order valence-corrected chi connectivity index (χ3v) is 8.64. The molecule has 1 aromatic heterocycles. The lowest BCUT2D eigenvalue weighted by molar-refractivity contribution is -0.138. The minimum atomic E-state index is -3.23. The number of hydrogen-bond acceptors (Lipinski definition) is 6. The van der Waals surface area contributed by atoms with Crippen LogP contribution in [0.4, 0.5) is 0 Å². The van der Waals surface area contributed by atoms with Crippen molar-refractivity contribution in [2.75, 3.05) is 45.0 Å². The number of hydrogen-bond donors (Lipinski definition) is 0. The van der Waals surface area contributed by atoms with Gasteiger partial charge in [-0.25, -0.2) is 17.7 Å². The fourth-order valence-corrected chi connectivity index (χ4v) is 6.31. The number of amides is 1. The Bertz CT molecular complexity index is 757. The second-order valence-corrected chi connectivity index (χ2v) is 10.7. The summed E-state index contributed by atoms with van der Waals surface area (Å²) in [4.78, 5) is 21.9. The first-order chi connectivity index (χ1) is 13.4. The summed E-state index contributed by atoms with van der Waals surface area (Å²) in [6.45, 7) is 8.83. The molecule has 0 saturated carbocycles. The predicted octanol–water partition coefficient (Wildman–Crippen LogP) is 1.80. The van der Waals surface area contributed by atoms with Crippen molar-refractivity contribution in [2.45, 2.75) is 46.1 Å². The number of rotatable bonds is 7. The van der Waals surface area contributed by atoms with Crippen LogP contribution in [0.3, 0.4) is 0 Å². The first-order valence-corrected chi connectivity index (χ1v) is 12.8. The fraction of sp³-hybridized carbons (Fsp3) is 0.789. The van der Waals surface area contributed by atoms with Crippen LogP contribution in [0.5, 0.6) is 0 Å². The number of sulfonamides is 1. The molecule has 158 valence electrons. The quantitative estimate of drug-likeness (QED) is 0.662. The summed E-state index contributed by atoms with van der Waals surface area (Å²) in [6, 6.07) is 0. The monoisotopic (exact) mass is 428 g/mol. The van der Waals surface area contributed by atoms with Crippen LogP contribution in [-0.2, 0) is 27.8 Å². The number of carbonyl (C=O) groups excluding carboxylic acids is 1. The van der Waals surface area contributed by atoms with Gasteiger partial charge in [-0.1, -0.05) is 13.8 Å². The van der Waals surface area contributed by atoms with Gasteiger partial charge in [0, 0.05) is 51.2 Å². The van der Waals surface area contributed by atoms with Crippen LogP contribution >= 0.6 is 11.3 Å². The van der Waals surface area contributed by atoms with Gasteiger partial charge in [0.15, 0.2) is 0 Å². The Morgan fingerprint density at radius 3 is 2.61 bits per heavy atom. The maximum absolute atomic E-state index is 13.0. The van der Waals surface area contributed by atoms with Crippen molar-refractivity contribution in [3.05, 3.63) is 16.1 Å². The Balaban J connectivity index is 1.50. The van der Waals surface area contributed by atoms with Crippen molar-refractivity contribution in [3.63, 3.8) is 0 Å². The zero-order valence-electron chi connectivity index (χ0n) is 17.0. The zero-order chi connectivity index (χ0) is 20.1. The molecule has 0 N–H and O–H groups in total. The minimum absolute atomic E-state index is 0.123. The summed E-state index contributed by atoms with van der Waals surface area (Å²) < 4.78 is 26.3. The normalized spacial score (nSPS) is 22.5. The van der Waals surface area contributed by atoms with Gasteiger partial charge in [-0.3, -0.25) is 9.69 Å². The van der Waals surface area contributed by atoms with Gasteiger partial charge in [-0.2, -0.15) is 0 Å². The van der Waals surface area contributed by atoms with Gasteiger partial charge in [0.1, 0.15) is 0 Å². The van der Waals surface area contributed by atoms with Crippen molar-refractivity contribution in [3.8, 4) is 0 Å². The molecule has 0 aromatic carbocycles. The summed E-state index contributed by atoms with van der Waals surface area (Å²) in [5.74, 6) is 0.0960. The number of thiazole rings is 1. The van der Waals surface area contributed by atoms with Crippen LogP contribution in [0, 0.1) is 5.92 Å². The van der Waals surface area contributed by atoms with Crippen molar-refractivity contribution >= 4 is 27.3 Å². The molecule has 1 atom stereocenters. The highest BCUT2D eigenvalue weighted by Crippen LogP contribution is 2.23. The molecule has 9 heteroatoms. The van der Waals surface area contributed by atoms with Crippen molar-refractivity contribution in [2.24, 2.45) is 5.92 Å². The molecule has 2 saturated heterocycles. The smallest absolute Gasteiger partial charge is 0.227 e. The largest absolute Gasteiger partial charge is 0.340 e. The molecule has 28 heavy (non-hydrogen) atoms. The maximum Gasteiger partial charge on any atom is 0.227 e. The summed E-state index contributed by atoms with van der Waals surface area (Å²) in [5.41, 5.74) is 1.12. The number of aromatic nitrogens is 1. The molecular weight excluding hydrogens is 396 g/mol. The first-order valence-electron chi connectivity index (χ1n) is 10.3. The molecule has 3 heterocycles. The average molecular weight is 429 g/mol. The van der Waals surface area contributed by atoms with Gasteiger partial charge in [-0.15, -0.1) is 11.3 Å². The van der Waals surface area contributed by atoms with Crippen LogP contribution in [-0.4, -0.2) is 78.4 Å². The minimum Gasteiger partial charge on any atom is -0.340 e. The summed E-state index contributed by atoms with van der Waals surface area (Å²) in [6.07, 6.45) is 3.14. The Morgan fingerprint density at radius 1 is 1.21 bits per heavy atom. The van der Waals surface area contributed by atoms with Gasteiger partial charge >= 0.3 is 0 Å². The molecule has 1 amide bonds. The van der Waals surface area contributed by atoms with Gasteiger partial charge in [-0.05, 0) is 25.7 Å². The van der Waals surface area contributed by atoms with E-state index >= 15 is 0 Å². The Kier molecular flexibility index (Phi) is 7.47. The van der Waals surface area contributed by atoms with E-state index in [0.29, 0.717) is 32.6 Å². The summed E-state index contributed by atoms with van der Waals surface area (Å²) in [7, 11) is -3.23. The summed E-state index contributed by atoms with van der Waals surface area (Å²) in [5, 5.41) is 3.30. The Labute approximate surface area is 172 Å². The SMILES string of the molecule is CCCS(=O)(=O)N1CCCC(C(=O)N2CCN(Cc3csc(CC)n3)CC2)C1. The molecule has 7 nitrogen and oxygen atoms in total. The topological polar surface area (TPSA) is 73.8 Å². The van der Waals surface area contributed by atoms with E-state index in [1.807, 2.05) is 11.8 Å². The number of piperazine rings is 1. The van der Waals surface area contributed by atoms with Crippen LogP contribution in [0.25, 0.3) is 0 Å². The van der Waals surface area contributed by atoms with Crippen LogP contribution < -0.4 is 0 Å². The van der Waals surface area contributed by atoms with Crippen molar-refractivity contribution in [1.29, 1.82) is 0 Å². The van der Waals surface area contributed by atoms with Crippen LogP contribution in [0.2, 0.25) is 0 Å². The molecule has 0 radical (unpaired) electrons. The number of carbonyl (C=O) groups is 1. The molecule has 0 spiro atoms. The third kappa shape index (κ3) is 5.31. The highest BCUT2D eigenvalue weighted by Gasteiger charge is 2.34. The Morgan fingerprint density at radius 2 is 1.96 bits per heavy atom. The predicted molar refractivity (Wildman–Crippen MR) is 112 cm³/mol. The van der Waals surface area contributed by atoms with E-state index < -0.39 is 10.0 Å². The van der Waals surface area contributed by atoms with Crippen LogP contribution in [0.15, 0.2) is 5.38 Å². The molecular formula is C19H32N4O3S2. The standard InChI is InChI=1S/C19H32N4O3S2/c1-3-12-28(25,26)23-7-5-6-16(13-23)19(24)22-10-8-21(9-11-22)14-17-15-27-18(4-2)20-17/h15-16H,3-14H2,1-2H3. The van der Waals surface area contributed by atoms with E-state index in [0.717, 1.165) is 44.6 Å². The van der Waals surface area contributed by atoms with Gasteiger partial charge in [0.05, 0.1) is 22.4 Å². The van der Waals surface area contributed by atoms with Gasteiger partial charge in [0.25, 0.3) is 0 Å². The lowest BCUT2D eigenvalue weighted by Gasteiger charge is -2.38. The summed E-state index contributed by atoms with van der Waals surface area (Å²) >= 11 is 1.71. The molecule has 1 aromatic rings. The van der Waals surface area contributed by atoms with E-state index in [4.69, 9.17) is 0 Å². The fourth-order valence-electron chi connectivity index (χ4n) is 3.98. The maximum atomic E-state index is 13.0. The highest BCUT2D eigenvalue weighted by atomic mass is 32.2. The van der Waals surface area contributed by atoms with E-state index in [2.05, 4.69) is 22.2 Å². The van der Waals surface area contributed by atoms with Gasteiger partial charge in [0.2, 0.25) is 15.9 Å². The zero-order valence-corrected chi connectivity index (χ0v) is 18.6. The first kappa shape index (κ1) is 21.7. The Hall–Kier alpha value is -1.03.